The number of aromatic nitrogens is 4. The van der Waals surface area contributed by atoms with Crippen LogP contribution in [0.4, 0.5) is 0 Å². The van der Waals surface area contributed by atoms with Gasteiger partial charge in [0.25, 0.3) is 0 Å². The monoisotopic (exact) mass is 260 g/mol. The van der Waals surface area contributed by atoms with Crippen LogP contribution in [-0.2, 0) is 11.3 Å². The molecule has 19 heavy (non-hydrogen) atoms. The largest absolute Gasteiger partial charge is 0.480 e. The Balaban J connectivity index is 2.01. The van der Waals surface area contributed by atoms with Gasteiger partial charge in [-0.2, -0.15) is 0 Å². The third-order valence-electron chi connectivity index (χ3n) is 2.58. The molecule has 7 heteroatoms. The quantitative estimate of drug-likeness (QED) is 0.710. The second-order valence-corrected chi connectivity index (χ2v) is 3.98. The number of hydrogen-bond acceptors (Lipinski definition) is 5. The third kappa shape index (κ3) is 3.52. The van der Waals surface area contributed by atoms with Crippen LogP contribution in [0, 0.1) is 0 Å². The molecule has 0 aliphatic carbocycles. The highest BCUT2D eigenvalue weighted by Crippen LogP contribution is 2.09. The van der Waals surface area contributed by atoms with E-state index in [1.165, 1.54) is 0 Å². The van der Waals surface area contributed by atoms with Crippen molar-refractivity contribution < 1.29 is 14.6 Å². The number of nitrogens with zero attached hydrogens (tertiary/aromatic N) is 4. The van der Waals surface area contributed by atoms with Crippen LogP contribution < -0.4 is 10.4 Å². The molecule has 0 spiro atoms. The maximum atomic E-state index is 10.6. The van der Waals surface area contributed by atoms with Crippen molar-refractivity contribution in [3.8, 4) is 11.4 Å². The van der Waals surface area contributed by atoms with Gasteiger partial charge >= 0.3 is 5.97 Å². The fourth-order valence-corrected chi connectivity index (χ4v) is 1.49. The number of carbonyl (C=O) groups is 1. The van der Waals surface area contributed by atoms with Gasteiger partial charge in [-0.05, 0) is 11.2 Å². The second kappa shape index (κ2) is 5.96. The van der Waals surface area contributed by atoms with Crippen LogP contribution >= 0.6 is 0 Å². The predicted molar refractivity (Wildman–Crippen MR) is 65.7 cm³/mol. The standard InChI is InChI=1S/C12H13N5O2/c13-10(12(18)19)3-7-17-6-2-9(8-16-17)11-14-4-1-5-15-11/h1-2,4-6,8,10H,3,7,13H2/p+1/t10-/m1/s1. The molecule has 0 aliphatic heterocycles. The molecule has 2 heterocycles. The van der Waals surface area contributed by atoms with E-state index >= 15 is 0 Å². The second-order valence-electron chi connectivity index (χ2n) is 3.98. The van der Waals surface area contributed by atoms with Crippen molar-refractivity contribution in [3.05, 3.63) is 36.9 Å². The third-order valence-corrected chi connectivity index (χ3v) is 2.58. The molecule has 0 saturated heterocycles. The van der Waals surface area contributed by atoms with Crippen LogP contribution in [0.2, 0.25) is 0 Å². The molecule has 2 aromatic rings. The molecule has 0 aromatic carbocycles. The molecule has 0 radical (unpaired) electrons. The Kier molecular flexibility index (Phi) is 4.09. The van der Waals surface area contributed by atoms with E-state index in [1.807, 2.05) is 6.07 Å². The smallest absolute Gasteiger partial charge is 0.320 e. The van der Waals surface area contributed by atoms with E-state index < -0.39 is 12.0 Å². The van der Waals surface area contributed by atoms with E-state index in [0.717, 1.165) is 5.56 Å². The topological polar surface area (TPSA) is 106 Å². The van der Waals surface area contributed by atoms with Crippen molar-refractivity contribution >= 4 is 5.97 Å². The molecule has 0 bridgehead atoms. The van der Waals surface area contributed by atoms with Gasteiger partial charge in [0.15, 0.2) is 18.6 Å². The number of hydrogen-bond donors (Lipinski definition) is 2. The van der Waals surface area contributed by atoms with Crippen LogP contribution in [0.5, 0.6) is 0 Å². The summed E-state index contributed by atoms with van der Waals surface area (Å²) in [5.41, 5.74) is 6.23. The minimum absolute atomic E-state index is 0.328. The summed E-state index contributed by atoms with van der Waals surface area (Å²) in [5.74, 6) is -0.403. The van der Waals surface area contributed by atoms with Gasteiger partial charge < -0.3 is 10.8 Å². The fourth-order valence-electron chi connectivity index (χ4n) is 1.49. The minimum atomic E-state index is -1.00. The molecule has 3 N–H and O–H groups in total. The molecule has 0 fully saturated rings. The van der Waals surface area contributed by atoms with E-state index in [1.54, 1.807) is 35.5 Å². The highest BCUT2D eigenvalue weighted by atomic mass is 16.4. The molecule has 7 nitrogen and oxygen atoms in total. The first kappa shape index (κ1) is 13.0. The first-order valence-electron chi connectivity index (χ1n) is 5.78. The zero-order valence-electron chi connectivity index (χ0n) is 10.2. The average molecular weight is 260 g/mol. The van der Waals surface area contributed by atoms with Crippen molar-refractivity contribution in [2.24, 2.45) is 5.73 Å². The SMILES string of the molecule is N[C@H](CC[n+]1ccc(-c2ncccn2)cn1)C(=O)O. The number of aliphatic carboxylic acids is 1. The van der Waals surface area contributed by atoms with E-state index in [4.69, 9.17) is 10.8 Å². The normalized spacial score (nSPS) is 12.1. The van der Waals surface area contributed by atoms with Crippen LogP contribution in [-0.4, -0.2) is 32.2 Å². The summed E-state index contributed by atoms with van der Waals surface area (Å²) in [4.78, 5) is 18.8. The first-order valence-corrected chi connectivity index (χ1v) is 5.78. The van der Waals surface area contributed by atoms with Crippen molar-refractivity contribution in [1.29, 1.82) is 0 Å². The van der Waals surface area contributed by atoms with Gasteiger partial charge in [0, 0.05) is 30.4 Å². The van der Waals surface area contributed by atoms with Gasteiger partial charge in [-0.15, -0.1) is 0 Å². The molecule has 0 unspecified atom stereocenters. The number of carboxylic acids is 1. The molecule has 1 atom stereocenters. The Labute approximate surface area is 109 Å². The van der Waals surface area contributed by atoms with Gasteiger partial charge in [0.2, 0.25) is 0 Å². The van der Waals surface area contributed by atoms with Crippen LogP contribution in [0.1, 0.15) is 6.42 Å². The molecular formula is C12H14N5O2+. The Morgan fingerprint density at radius 2 is 2.16 bits per heavy atom. The molecule has 2 aromatic heterocycles. The summed E-state index contributed by atoms with van der Waals surface area (Å²) in [7, 11) is 0. The maximum Gasteiger partial charge on any atom is 0.320 e. The van der Waals surface area contributed by atoms with E-state index in [9.17, 15) is 4.79 Å². The lowest BCUT2D eigenvalue weighted by Gasteiger charge is -2.02. The van der Waals surface area contributed by atoms with Gasteiger partial charge in [-0.1, -0.05) is 4.68 Å². The molecule has 0 aliphatic rings. The molecule has 0 amide bonds. The Morgan fingerprint density at radius 3 is 2.74 bits per heavy atom. The van der Waals surface area contributed by atoms with Gasteiger partial charge in [-0.25, -0.2) is 9.97 Å². The Bertz CT molecular complexity index is 544. The first-order chi connectivity index (χ1) is 9.16. The molecule has 98 valence electrons. The number of aryl methyl sites for hydroxylation is 1. The summed E-state index contributed by atoms with van der Waals surface area (Å²) >= 11 is 0. The number of nitrogens with two attached hydrogens (primary N) is 1. The lowest BCUT2D eigenvalue weighted by molar-refractivity contribution is -0.754. The summed E-state index contributed by atoms with van der Waals surface area (Å²) in [5, 5.41) is 12.9. The number of carboxylic acid groups (broad SMARTS) is 1. The van der Waals surface area contributed by atoms with E-state index in [-0.39, 0.29) is 0 Å². The molecule has 0 saturated carbocycles. The van der Waals surface area contributed by atoms with Crippen LogP contribution in [0.3, 0.4) is 0 Å². The Morgan fingerprint density at radius 1 is 1.42 bits per heavy atom. The van der Waals surface area contributed by atoms with Crippen molar-refractivity contribution in [2.45, 2.75) is 19.0 Å². The number of rotatable bonds is 5. The Hall–Kier alpha value is -2.41. The zero-order valence-corrected chi connectivity index (χ0v) is 10.2. The summed E-state index contributed by atoms with van der Waals surface area (Å²) in [6, 6.07) is 2.70. The van der Waals surface area contributed by atoms with Gasteiger partial charge in [0.1, 0.15) is 12.2 Å². The fraction of sp³-hybridized carbons (Fsp3) is 0.250. The van der Waals surface area contributed by atoms with Crippen LogP contribution in [0.15, 0.2) is 36.9 Å². The van der Waals surface area contributed by atoms with Crippen molar-refractivity contribution in [1.82, 2.24) is 15.1 Å². The maximum absolute atomic E-state index is 10.6. The lowest BCUT2D eigenvalue weighted by Crippen LogP contribution is -2.42. The lowest BCUT2D eigenvalue weighted by atomic mass is 10.2. The van der Waals surface area contributed by atoms with Gasteiger partial charge in [0.05, 0.1) is 0 Å². The van der Waals surface area contributed by atoms with E-state index in [2.05, 4.69) is 15.1 Å². The highest BCUT2D eigenvalue weighted by molar-refractivity contribution is 5.72. The minimum Gasteiger partial charge on any atom is -0.480 e. The van der Waals surface area contributed by atoms with Crippen LogP contribution in [0.25, 0.3) is 11.4 Å². The van der Waals surface area contributed by atoms with Crippen molar-refractivity contribution in [2.75, 3.05) is 0 Å². The summed E-state index contributed by atoms with van der Waals surface area (Å²) in [6.07, 6.45) is 7.04. The predicted octanol–water partition coefficient (Wildman–Crippen LogP) is -0.372. The molecular weight excluding hydrogens is 246 g/mol. The van der Waals surface area contributed by atoms with E-state index in [0.29, 0.717) is 18.8 Å². The van der Waals surface area contributed by atoms with Gasteiger partial charge in [-0.3, -0.25) is 4.79 Å². The zero-order chi connectivity index (χ0) is 13.7. The summed E-state index contributed by atoms with van der Waals surface area (Å²) < 4.78 is 1.63. The van der Waals surface area contributed by atoms with Crippen molar-refractivity contribution in [3.63, 3.8) is 0 Å². The summed E-state index contributed by atoms with van der Waals surface area (Å²) in [6.45, 7) is 0.448. The molecule has 2 rings (SSSR count). The highest BCUT2D eigenvalue weighted by Gasteiger charge is 2.14. The average Bonchev–Trinajstić information content (AvgIpc) is 2.46.